The molecule has 2 rings (SSSR count). The molecule has 0 radical (unpaired) electrons. The van der Waals surface area contributed by atoms with Crippen molar-refractivity contribution >= 4 is 34.0 Å². The Bertz CT molecular complexity index is 367. The highest BCUT2D eigenvalue weighted by Crippen LogP contribution is 2.22. The summed E-state index contributed by atoms with van der Waals surface area (Å²) < 4.78 is 1.18. The molecule has 0 saturated carbocycles. The van der Waals surface area contributed by atoms with Crippen molar-refractivity contribution in [1.29, 1.82) is 0 Å². The predicted octanol–water partition coefficient (Wildman–Crippen LogP) is 2.38. The smallest absolute Gasteiger partial charge is 0.0575 e. The monoisotopic (exact) mass is 331 g/mol. The lowest BCUT2D eigenvalue weighted by molar-refractivity contribution is 0.322. The molecule has 0 bridgehead atoms. The number of likely N-dealkylation sites (tertiary alicyclic amines) is 1. The van der Waals surface area contributed by atoms with Crippen LogP contribution in [0.1, 0.15) is 12.8 Å². The average molecular weight is 331 g/mol. The minimum Gasteiger partial charge on any atom is -0.397 e. The van der Waals surface area contributed by atoms with E-state index >= 15 is 0 Å². The van der Waals surface area contributed by atoms with Crippen LogP contribution in [-0.2, 0) is 0 Å². The SMILES string of the molecule is CN1CCCC1CNc1ccc(I)cc1N. The van der Waals surface area contributed by atoms with Gasteiger partial charge in [0.15, 0.2) is 0 Å². The Balaban J connectivity index is 1.94. The van der Waals surface area contributed by atoms with Gasteiger partial charge in [-0.15, -0.1) is 0 Å². The van der Waals surface area contributed by atoms with Crippen molar-refractivity contribution < 1.29 is 0 Å². The molecule has 4 heteroatoms. The molecule has 0 spiro atoms. The van der Waals surface area contributed by atoms with E-state index in [1.807, 2.05) is 6.07 Å². The van der Waals surface area contributed by atoms with Crippen molar-refractivity contribution in [2.75, 3.05) is 31.2 Å². The summed E-state index contributed by atoms with van der Waals surface area (Å²) in [5.74, 6) is 0. The molecule has 3 N–H and O–H groups in total. The second kappa shape index (κ2) is 5.23. The molecular formula is C12H18IN3. The number of hydrogen-bond donors (Lipinski definition) is 2. The molecule has 1 fully saturated rings. The quantitative estimate of drug-likeness (QED) is 0.660. The zero-order valence-corrected chi connectivity index (χ0v) is 11.7. The summed E-state index contributed by atoms with van der Waals surface area (Å²) in [4.78, 5) is 2.41. The summed E-state index contributed by atoms with van der Waals surface area (Å²) in [5, 5.41) is 3.44. The van der Waals surface area contributed by atoms with Gasteiger partial charge in [0.1, 0.15) is 0 Å². The largest absolute Gasteiger partial charge is 0.397 e. The van der Waals surface area contributed by atoms with Gasteiger partial charge in [0.2, 0.25) is 0 Å². The van der Waals surface area contributed by atoms with Crippen LogP contribution >= 0.6 is 22.6 Å². The highest BCUT2D eigenvalue weighted by Gasteiger charge is 2.20. The van der Waals surface area contributed by atoms with E-state index in [4.69, 9.17) is 5.73 Å². The molecule has 1 atom stereocenters. The number of nitrogens with two attached hydrogens (primary N) is 1. The first-order valence-electron chi connectivity index (χ1n) is 5.66. The molecule has 0 aromatic heterocycles. The van der Waals surface area contributed by atoms with Crippen LogP contribution in [0.5, 0.6) is 0 Å². The number of likely N-dealkylation sites (N-methyl/N-ethyl adjacent to an activating group) is 1. The van der Waals surface area contributed by atoms with Crippen LogP contribution in [0, 0.1) is 3.57 Å². The molecule has 1 aromatic carbocycles. The lowest BCUT2D eigenvalue weighted by atomic mass is 10.2. The second-order valence-electron chi connectivity index (χ2n) is 4.39. The van der Waals surface area contributed by atoms with Crippen LogP contribution in [-0.4, -0.2) is 31.1 Å². The van der Waals surface area contributed by atoms with Crippen LogP contribution in [0.25, 0.3) is 0 Å². The van der Waals surface area contributed by atoms with Crippen molar-refractivity contribution in [3.63, 3.8) is 0 Å². The third-order valence-electron chi connectivity index (χ3n) is 3.21. The Morgan fingerprint density at radius 3 is 3.00 bits per heavy atom. The number of anilines is 2. The van der Waals surface area contributed by atoms with Crippen molar-refractivity contribution in [2.24, 2.45) is 0 Å². The summed E-state index contributed by atoms with van der Waals surface area (Å²) in [6, 6.07) is 6.80. The van der Waals surface area contributed by atoms with E-state index in [9.17, 15) is 0 Å². The van der Waals surface area contributed by atoms with Crippen LogP contribution < -0.4 is 11.1 Å². The van der Waals surface area contributed by atoms with Gasteiger partial charge in [0.05, 0.1) is 11.4 Å². The number of nitrogens with one attached hydrogen (secondary N) is 1. The first-order valence-corrected chi connectivity index (χ1v) is 6.74. The topological polar surface area (TPSA) is 41.3 Å². The predicted molar refractivity (Wildman–Crippen MR) is 77.7 cm³/mol. The molecular weight excluding hydrogens is 313 g/mol. The molecule has 0 amide bonds. The van der Waals surface area contributed by atoms with Gasteiger partial charge in [-0.25, -0.2) is 0 Å². The molecule has 1 unspecified atom stereocenters. The van der Waals surface area contributed by atoms with Gasteiger partial charge in [-0.3, -0.25) is 0 Å². The molecule has 3 nitrogen and oxygen atoms in total. The first-order chi connectivity index (χ1) is 7.66. The van der Waals surface area contributed by atoms with Gasteiger partial charge in [0.25, 0.3) is 0 Å². The van der Waals surface area contributed by atoms with E-state index in [0.717, 1.165) is 17.9 Å². The Kier molecular flexibility index (Phi) is 3.91. The van der Waals surface area contributed by atoms with E-state index in [1.54, 1.807) is 0 Å². The van der Waals surface area contributed by atoms with Gasteiger partial charge in [-0.2, -0.15) is 0 Å². The van der Waals surface area contributed by atoms with E-state index in [0.29, 0.717) is 6.04 Å². The maximum Gasteiger partial charge on any atom is 0.0575 e. The zero-order chi connectivity index (χ0) is 11.5. The molecule has 16 heavy (non-hydrogen) atoms. The number of rotatable bonds is 3. The minimum absolute atomic E-state index is 0.652. The van der Waals surface area contributed by atoms with Crippen LogP contribution in [0.15, 0.2) is 18.2 Å². The number of nitrogen functional groups attached to an aromatic ring is 1. The van der Waals surface area contributed by atoms with Crippen LogP contribution in [0.2, 0.25) is 0 Å². The summed E-state index contributed by atoms with van der Waals surface area (Å²) in [6.07, 6.45) is 2.60. The molecule has 1 aliphatic rings. The van der Waals surface area contributed by atoms with Crippen molar-refractivity contribution in [3.05, 3.63) is 21.8 Å². The second-order valence-corrected chi connectivity index (χ2v) is 5.63. The van der Waals surface area contributed by atoms with E-state index in [1.165, 1.54) is 23.0 Å². The fourth-order valence-electron chi connectivity index (χ4n) is 2.16. The summed E-state index contributed by atoms with van der Waals surface area (Å²) >= 11 is 2.28. The molecule has 88 valence electrons. The third kappa shape index (κ3) is 2.79. The van der Waals surface area contributed by atoms with Gasteiger partial charge in [-0.1, -0.05) is 0 Å². The molecule has 1 aromatic rings. The van der Waals surface area contributed by atoms with E-state index < -0.39 is 0 Å². The number of hydrogen-bond acceptors (Lipinski definition) is 3. The zero-order valence-electron chi connectivity index (χ0n) is 9.54. The van der Waals surface area contributed by atoms with Crippen LogP contribution in [0.4, 0.5) is 11.4 Å². The Morgan fingerprint density at radius 1 is 1.56 bits per heavy atom. The number of benzene rings is 1. The molecule has 0 aliphatic carbocycles. The fraction of sp³-hybridized carbons (Fsp3) is 0.500. The lowest BCUT2D eigenvalue weighted by Gasteiger charge is -2.20. The Hall–Kier alpha value is -0.490. The third-order valence-corrected chi connectivity index (χ3v) is 3.88. The fourth-order valence-corrected chi connectivity index (χ4v) is 2.67. The molecule has 1 heterocycles. The number of nitrogens with zero attached hydrogens (tertiary/aromatic N) is 1. The maximum atomic E-state index is 5.96. The Labute approximate surface area is 111 Å². The number of halogens is 1. The van der Waals surface area contributed by atoms with E-state index in [2.05, 4.69) is 52.0 Å². The van der Waals surface area contributed by atoms with Gasteiger partial charge < -0.3 is 16.0 Å². The van der Waals surface area contributed by atoms with Crippen molar-refractivity contribution in [3.8, 4) is 0 Å². The standard InChI is InChI=1S/C12H18IN3/c1-16-6-2-3-10(16)8-15-12-5-4-9(13)7-11(12)14/h4-5,7,10,15H,2-3,6,8,14H2,1H3. The minimum atomic E-state index is 0.652. The summed E-state index contributed by atoms with van der Waals surface area (Å²) in [5.41, 5.74) is 7.86. The normalized spacial score (nSPS) is 21.2. The van der Waals surface area contributed by atoms with Gasteiger partial charge >= 0.3 is 0 Å². The average Bonchev–Trinajstić information content (AvgIpc) is 2.63. The highest BCUT2D eigenvalue weighted by molar-refractivity contribution is 14.1. The van der Waals surface area contributed by atoms with Gasteiger partial charge in [-0.05, 0) is 67.2 Å². The molecule has 1 aliphatic heterocycles. The summed E-state index contributed by atoms with van der Waals surface area (Å²) in [6.45, 7) is 2.20. The van der Waals surface area contributed by atoms with Crippen LogP contribution in [0.3, 0.4) is 0 Å². The first kappa shape index (κ1) is 12.0. The highest BCUT2D eigenvalue weighted by atomic mass is 127. The lowest BCUT2D eigenvalue weighted by Crippen LogP contribution is -2.31. The van der Waals surface area contributed by atoms with Crippen molar-refractivity contribution in [2.45, 2.75) is 18.9 Å². The van der Waals surface area contributed by atoms with E-state index in [-0.39, 0.29) is 0 Å². The summed E-state index contributed by atoms with van der Waals surface area (Å²) in [7, 11) is 2.19. The van der Waals surface area contributed by atoms with Crippen molar-refractivity contribution in [1.82, 2.24) is 4.90 Å². The molecule has 1 saturated heterocycles. The maximum absolute atomic E-state index is 5.96. The Morgan fingerprint density at radius 2 is 2.38 bits per heavy atom. The van der Waals surface area contributed by atoms with Gasteiger partial charge in [0, 0.05) is 16.2 Å².